The van der Waals surface area contributed by atoms with Gasteiger partial charge in [0.2, 0.25) is 0 Å². The lowest BCUT2D eigenvalue weighted by molar-refractivity contribution is 0.0956. The Hall–Kier alpha value is -3.64. The molecule has 0 heterocycles. The number of hydrogen-bond donors (Lipinski definition) is 2. The van der Waals surface area contributed by atoms with Gasteiger partial charge in [-0.1, -0.05) is 35.9 Å². The second-order valence-electron chi connectivity index (χ2n) is 6.69. The van der Waals surface area contributed by atoms with Gasteiger partial charge in [-0.2, -0.15) is 5.10 Å². The highest BCUT2D eigenvalue weighted by Crippen LogP contribution is 2.17. The summed E-state index contributed by atoms with van der Waals surface area (Å²) in [6.07, 6.45) is 1.56. The molecule has 0 aromatic heterocycles. The van der Waals surface area contributed by atoms with Gasteiger partial charge >= 0.3 is 0 Å². The fourth-order valence-electron chi connectivity index (χ4n) is 2.67. The summed E-state index contributed by atoms with van der Waals surface area (Å²) in [4.78, 5) is 27.0. The van der Waals surface area contributed by atoms with Gasteiger partial charge in [0.1, 0.15) is 0 Å². The Balaban J connectivity index is 1.67. The van der Waals surface area contributed by atoms with Gasteiger partial charge in [0.15, 0.2) is 0 Å². The predicted molar refractivity (Wildman–Crippen MR) is 122 cm³/mol. The van der Waals surface area contributed by atoms with Crippen molar-refractivity contribution in [2.75, 3.05) is 24.3 Å². The molecule has 0 saturated carbocycles. The molecule has 0 aliphatic heterocycles. The highest BCUT2D eigenvalue weighted by Gasteiger charge is 2.13. The van der Waals surface area contributed by atoms with Crippen molar-refractivity contribution < 1.29 is 9.59 Å². The molecular weight excluding hydrogens is 400 g/mol. The van der Waals surface area contributed by atoms with Crippen LogP contribution in [0.3, 0.4) is 0 Å². The highest BCUT2D eigenvalue weighted by atomic mass is 35.5. The molecule has 152 valence electrons. The second-order valence-corrected chi connectivity index (χ2v) is 7.13. The Morgan fingerprint density at radius 3 is 2.23 bits per heavy atom. The number of carbonyl (C=O) groups is 2. The summed E-state index contributed by atoms with van der Waals surface area (Å²) in [7, 11) is 3.93. The number of para-hydroxylation sites is 1. The fraction of sp³-hybridized carbons (Fsp3) is 0.0870. The van der Waals surface area contributed by atoms with Crippen LogP contribution in [0, 0.1) is 0 Å². The molecule has 0 bridgehead atoms. The van der Waals surface area contributed by atoms with E-state index in [-0.39, 0.29) is 5.91 Å². The molecule has 0 atom stereocenters. The van der Waals surface area contributed by atoms with E-state index < -0.39 is 5.91 Å². The maximum Gasteiger partial charge on any atom is 0.273 e. The molecule has 3 rings (SSSR count). The summed E-state index contributed by atoms with van der Waals surface area (Å²) in [5.41, 5.74) is 5.55. The molecule has 0 radical (unpaired) electrons. The van der Waals surface area contributed by atoms with E-state index in [4.69, 9.17) is 11.6 Å². The molecule has 0 saturated heterocycles. The Morgan fingerprint density at radius 2 is 1.57 bits per heavy atom. The van der Waals surface area contributed by atoms with E-state index in [2.05, 4.69) is 15.8 Å². The zero-order valence-corrected chi connectivity index (χ0v) is 17.4. The fourth-order valence-corrected chi connectivity index (χ4v) is 2.80. The molecule has 3 aromatic rings. The summed E-state index contributed by atoms with van der Waals surface area (Å²) in [6.45, 7) is 0. The molecule has 0 aliphatic carbocycles. The van der Waals surface area contributed by atoms with Gasteiger partial charge in [-0.15, -0.1) is 0 Å². The van der Waals surface area contributed by atoms with Gasteiger partial charge in [0.25, 0.3) is 11.8 Å². The first-order chi connectivity index (χ1) is 14.4. The van der Waals surface area contributed by atoms with Gasteiger partial charge in [0, 0.05) is 30.4 Å². The minimum Gasteiger partial charge on any atom is -0.378 e. The van der Waals surface area contributed by atoms with Crippen molar-refractivity contribution in [3.05, 3.63) is 94.5 Å². The molecule has 0 fully saturated rings. The standard InChI is InChI=1S/C23H21ClN4O2/c1-28(2)19-13-7-16(8-14-19)15-25-27-23(30)20-5-3-4-6-21(20)26-22(29)17-9-11-18(24)12-10-17/h3-15H,1-2H3,(H,26,29)(H,27,30)/b25-15-. The first kappa shape index (κ1) is 21.1. The van der Waals surface area contributed by atoms with Crippen LogP contribution in [0.4, 0.5) is 11.4 Å². The first-order valence-electron chi connectivity index (χ1n) is 9.21. The van der Waals surface area contributed by atoms with Crippen LogP contribution < -0.4 is 15.6 Å². The second kappa shape index (κ2) is 9.71. The Bertz CT molecular complexity index is 1060. The number of nitrogens with one attached hydrogen (secondary N) is 2. The zero-order chi connectivity index (χ0) is 21.5. The monoisotopic (exact) mass is 420 g/mol. The van der Waals surface area contributed by atoms with Crippen molar-refractivity contribution in [3.8, 4) is 0 Å². The van der Waals surface area contributed by atoms with E-state index in [1.165, 1.54) is 0 Å². The molecule has 0 aliphatic rings. The zero-order valence-electron chi connectivity index (χ0n) is 16.6. The van der Waals surface area contributed by atoms with Crippen molar-refractivity contribution in [3.63, 3.8) is 0 Å². The first-order valence-corrected chi connectivity index (χ1v) is 9.58. The Labute approximate surface area is 180 Å². The minimum absolute atomic E-state index is 0.305. The molecule has 3 aromatic carbocycles. The van der Waals surface area contributed by atoms with Gasteiger partial charge in [0.05, 0.1) is 17.5 Å². The van der Waals surface area contributed by atoms with Crippen molar-refractivity contribution in [1.29, 1.82) is 0 Å². The number of anilines is 2. The highest BCUT2D eigenvalue weighted by molar-refractivity contribution is 6.30. The Morgan fingerprint density at radius 1 is 0.900 bits per heavy atom. The number of carbonyl (C=O) groups excluding carboxylic acids is 2. The van der Waals surface area contributed by atoms with Gasteiger partial charge in [-0.3, -0.25) is 9.59 Å². The van der Waals surface area contributed by atoms with Crippen molar-refractivity contribution in [2.24, 2.45) is 5.10 Å². The van der Waals surface area contributed by atoms with Crippen LogP contribution in [0.1, 0.15) is 26.3 Å². The molecule has 30 heavy (non-hydrogen) atoms. The molecule has 7 heteroatoms. The lowest BCUT2D eigenvalue weighted by atomic mass is 10.1. The number of hydrogen-bond acceptors (Lipinski definition) is 4. The van der Waals surface area contributed by atoms with Gasteiger partial charge in [-0.05, 0) is 54.1 Å². The van der Waals surface area contributed by atoms with Gasteiger partial charge < -0.3 is 10.2 Å². The Kier molecular flexibility index (Phi) is 6.83. The van der Waals surface area contributed by atoms with Crippen LogP contribution in [-0.4, -0.2) is 32.1 Å². The third-order valence-corrected chi connectivity index (χ3v) is 4.57. The van der Waals surface area contributed by atoms with Crippen LogP contribution in [0.15, 0.2) is 77.9 Å². The average Bonchev–Trinajstić information content (AvgIpc) is 2.75. The molecule has 0 spiro atoms. The van der Waals surface area contributed by atoms with Crippen LogP contribution in [0.25, 0.3) is 0 Å². The number of nitrogens with zero attached hydrogens (tertiary/aromatic N) is 2. The van der Waals surface area contributed by atoms with Crippen molar-refractivity contribution in [1.82, 2.24) is 5.43 Å². The van der Waals surface area contributed by atoms with E-state index >= 15 is 0 Å². The minimum atomic E-state index is -0.428. The maximum absolute atomic E-state index is 12.6. The largest absolute Gasteiger partial charge is 0.378 e. The predicted octanol–water partition coefficient (Wildman–Crippen LogP) is 4.42. The molecule has 6 nitrogen and oxygen atoms in total. The molecule has 0 unspecified atom stereocenters. The maximum atomic E-state index is 12.6. The van der Waals surface area contributed by atoms with Crippen LogP contribution in [0.2, 0.25) is 5.02 Å². The summed E-state index contributed by atoms with van der Waals surface area (Å²) >= 11 is 5.86. The lowest BCUT2D eigenvalue weighted by Crippen LogP contribution is -2.21. The van der Waals surface area contributed by atoms with E-state index in [9.17, 15) is 9.59 Å². The third kappa shape index (κ3) is 5.46. The average molecular weight is 421 g/mol. The summed E-state index contributed by atoms with van der Waals surface area (Å²) in [5, 5.41) is 7.31. The normalized spacial score (nSPS) is 10.6. The number of rotatable bonds is 6. The van der Waals surface area contributed by atoms with E-state index in [1.54, 1.807) is 54.7 Å². The van der Waals surface area contributed by atoms with Crippen LogP contribution in [-0.2, 0) is 0 Å². The molecule has 2 amide bonds. The number of benzene rings is 3. The number of halogens is 1. The third-order valence-electron chi connectivity index (χ3n) is 4.32. The number of hydrazone groups is 1. The topological polar surface area (TPSA) is 73.8 Å². The summed E-state index contributed by atoms with van der Waals surface area (Å²) in [6, 6.07) is 21.0. The van der Waals surface area contributed by atoms with E-state index in [0.717, 1.165) is 11.3 Å². The molecular formula is C23H21ClN4O2. The van der Waals surface area contributed by atoms with Crippen molar-refractivity contribution in [2.45, 2.75) is 0 Å². The summed E-state index contributed by atoms with van der Waals surface area (Å²) in [5.74, 6) is -0.764. The van der Waals surface area contributed by atoms with E-state index in [1.807, 2.05) is 43.3 Å². The van der Waals surface area contributed by atoms with Crippen molar-refractivity contribution >= 4 is 41.0 Å². The van der Waals surface area contributed by atoms with Crippen LogP contribution in [0.5, 0.6) is 0 Å². The summed E-state index contributed by atoms with van der Waals surface area (Å²) < 4.78 is 0. The van der Waals surface area contributed by atoms with Crippen LogP contribution >= 0.6 is 11.6 Å². The van der Waals surface area contributed by atoms with E-state index in [0.29, 0.717) is 21.8 Å². The smallest absolute Gasteiger partial charge is 0.273 e. The lowest BCUT2D eigenvalue weighted by Gasteiger charge is -2.11. The van der Waals surface area contributed by atoms with Gasteiger partial charge in [-0.25, -0.2) is 5.43 Å². The SMILES string of the molecule is CN(C)c1ccc(/C=N\NC(=O)c2ccccc2NC(=O)c2ccc(Cl)cc2)cc1. The number of amides is 2. The molecule has 2 N–H and O–H groups in total. The quantitative estimate of drug-likeness (QED) is 0.458.